The minimum Gasteiger partial charge on any atom is -0.435 e. The summed E-state index contributed by atoms with van der Waals surface area (Å²) in [6.45, 7) is 4.24. The van der Waals surface area contributed by atoms with Crippen LogP contribution in [0, 0.1) is 0 Å². The zero-order valence-electron chi connectivity index (χ0n) is 16.1. The minimum atomic E-state index is -3.89. The van der Waals surface area contributed by atoms with Crippen LogP contribution in [-0.4, -0.2) is 43.0 Å². The molecule has 3 aromatic rings. The molecule has 2 aromatic carbocycles. The molecule has 1 aliphatic heterocycles. The van der Waals surface area contributed by atoms with E-state index in [-0.39, 0.29) is 42.0 Å². The summed E-state index contributed by atoms with van der Waals surface area (Å²) in [7, 11) is -3.89. The first kappa shape index (κ1) is 20.1. The Morgan fingerprint density at radius 3 is 2.21 bits per heavy atom. The zero-order chi connectivity index (χ0) is 20.6. The molecule has 152 valence electrons. The van der Waals surface area contributed by atoms with E-state index in [0.29, 0.717) is 16.1 Å². The molecule has 2 heterocycles. The number of benzene rings is 2. The van der Waals surface area contributed by atoms with Gasteiger partial charge in [-0.15, -0.1) is 0 Å². The third-order valence-electron chi connectivity index (χ3n) is 4.69. The largest absolute Gasteiger partial charge is 0.435 e. The third kappa shape index (κ3) is 4.09. The van der Waals surface area contributed by atoms with Gasteiger partial charge in [0.15, 0.2) is 5.76 Å². The summed E-state index contributed by atoms with van der Waals surface area (Å²) in [6, 6.07) is 16.1. The van der Waals surface area contributed by atoms with Crippen molar-refractivity contribution in [1.29, 1.82) is 0 Å². The number of nitrogens with zero attached hydrogens (tertiary/aromatic N) is 2. The minimum absolute atomic E-state index is 0.0972. The van der Waals surface area contributed by atoms with Gasteiger partial charge in [0.1, 0.15) is 0 Å². The Hall–Kier alpha value is -2.19. The number of oxazole rings is 1. The molecule has 2 atom stereocenters. The van der Waals surface area contributed by atoms with Crippen LogP contribution in [-0.2, 0) is 14.8 Å². The van der Waals surface area contributed by atoms with Gasteiger partial charge in [0.25, 0.3) is 10.0 Å². The van der Waals surface area contributed by atoms with E-state index in [1.165, 1.54) is 4.31 Å². The van der Waals surface area contributed by atoms with Gasteiger partial charge in [0, 0.05) is 29.2 Å². The lowest BCUT2D eigenvalue weighted by Crippen LogP contribution is -2.48. The first-order valence-electron chi connectivity index (χ1n) is 9.32. The van der Waals surface area contributed by atoms with Crippen LogP contribution in [0.3, 0.4) is 0 Å². The first-order chi connectivity index (χ1) is 13.8. The lowest BCUT2D eigenvalue weighted by molar-refractivity contribution is -0.0441. The van der Waals surface area contributed by atoms with Crippen LogP contribution < -0.4 is 0 Å². The van der Waals surface area contributed by atoms with E-state index in [1.807, 2.05) is 44.2 Å². The number of aromatic nitrogens is 1. The predicted molar refractivity (Wildman–Crippen MR) is 111 cm³/mol. The van der Waals surface area contributed by atoms with E-state index >= 15 is 0 Å². The Morgan fingerprint density at radius 2 is 1.59 bits per heavy atom. The molecule has 1 saturated heterocycles. The van der Waals surface area contributed by atoms with Crippen molar-refractivity contribution in [3.05, 3.63) is 59.6 Å². The molecule has 2 unspecified atom stereocenters. The standard InChI is InChI=1S/C21H21ClN2O4S/c1-14-12-24(13-15(2)27-14)29(25,26)21-19(16-8-10-18(22)11-9-16)28-20(23-21)17-6-4-3-5-7-17/h3-11,14-15H,12-13H2,1-2H3. The maximum absolute atomic E-state index is 13.5. The quantitative estimate of drug-likeness (QED) is 0.608. The molecular formula is C21H21ClN2O4S. The van der Waals surface area contributed by atoms with Crippen molar-refractivity contribution in [2.75, 3.05) is 13.1 Å². The van der Waals surface area contributed by atoms with Crippen molar-refractivity contribution >= 4 is 21.6 Å². The Labute approximate surface area is 175 Å². The van der Waals surface area contributed by atoms with E-state index in [4.69, 9.17) is 20.8 Å². The van der Waals surface area contributed by atoms with Gasteiger partial charge in [0.2, 0.25) is 10.9 Å². The number of rotatable bonds is 4. The topological polar surface area (TPSA) is 72.6 Å². The van der Waals surface area contributed by atoms with Crippen molar-refractivity contribution in [3.63, 3.8) is 0 Å². The van der Waals surface area contributed by atoms with E-state index < -0.39 is 10.0 Å². The van der Waals surface area contributed by atoms with Crippen LogP contribution in [0.1, 0.15) is 13.8 Å². The molecule has 29 heavy (non-hydrogen) atoms. The molecule has 1 aliphatic rings. The lowest BCUT2D eigenvalue weighted by atomic mass is 10.2. The summed E-state index contributed by atoms with van der Waals surface area (Å²) >= 11 is 6.00. The van der Waals surface area contributed by atoms with Gasteiger partial charge in [0.05, 0.1) is 12.2 Å². The van der Waals surface area contributed by atoms with E-state index in [2.05, 4.69) is 4.98 Å². The summed E-state index contributed by atoms with van der Waals surface area (Å²) in [5.74, 6) is 0.454. The molecule has 0 radical (unpaired) electrons. The van der Waals surface area contributed by atoms with Crippen LogP contribution >= 0.6 is 11.6 Å². The van der Waals surface area contributed by atoms with Crippen LogP contribution in [0.2, 0.25) is 5.02 Å². The highest BCUT2D eigenvalue weighted by Gasteiger charge is 2.37. The second kappa shape index (κ2) is 7.91. The van der Waals surface area contributed by atoms with Gasteiger partial charge in [-0.1, -0.05) is 29.8 Å². The number of ether oxygens (including phenoxy) is 1. The predicted octanol–water partition coefficient (Wildman–Crippen LogP) is 4.46. The van der Waals surface area contributed by atoms with Crippen LogP contribution in [0.15, 0.2) is 64.0 Å². The fourth-order valence-corrected chi connectivity index (χ4v) is 5.19. The second-order valence-corrected chi connectivity index (χ2v) is 9.40. The Bertz CT molecular complexity index is 1090. The molecule has 0 spiro atoms. The number of morpholine rings is 1. The molecule has 4 rings (SSSR count). The molecule has 1 fully saturated rings. The van der Waals surface area contributed by atoms with Crippen molar-refractivity contribution in [2.24, 2.45) is 0 Å². The van der Waals surface area contributed by atoms with Gasteiger partial charge in [-0.3, -0.25) is 0 Å². The van der Waals surface area contributed by atoms with Gasteiger partial charge >= 0.3 is 0 Å². The molecule has 0 N–H and O–H groups in total. The Balaban J connectivity index is 1.84. The maximum atomic E-state index is 13.5. The maximum Gasteiger partial charge on any atom is 0.264 e. The second-order valence-electron chi connectivity index (χ2n) is 7.11. The van der Waals surface area contributed by atoms with E-state index in [0.717, 1.165) is 0 Å². The number of hydrogen-bond acceptors (Lipinski definition) is 5. The fourth-order valence-electron chi connectivity index (χ4n) is 3.42. The van der Waals surface area contributed by atoms with Gasteiger partial charge in [-0.25, -0.2) is 8.42 Å². The molecular weight excluding hydrogens is 412 g/mol. The molecule has 0 aliphatic carbocycles. The van der Waals surface area contributed by atoms with Gasteiger partial charge in [-0.2, -0.15) is 9.29 Å². The van der Waals surface area contributed by atoms with E-state index in [9.17, 15) is 8.42 Å². The third-order valence-corrected chi connectivity index (χ3v) is 6.69. The van der Waals surface area contributed by atoms with Crippen molar-refractivity contribution in [1.82, 2.24) is 9.29 Å². The fraction of sp³-hybridized carbons (Fsp3) is 0.286. The molecule has 0 amide bonds. The number of halogens is 1. The highest BCUT2D eigenvalue weighted by Crippen LogP contribution is 2.35. The average Bonchev–Trinajstić information content (AvgIpc) is 3.15. The summed E-state index contributed by atoms with van der Waals surface area (Å²) in [5, 5.41) is 0.455. The normalized spacial score (nSPS) is 20.7. The Kier molecular flexibility index (Phi) is 5.48. The van der Waals surface area contributed by atoms with Crippen LogP contribution in [0.5, 0.6) is 0 Å². The first-order valence-corrected chi connectivity index (χ1v) is 11.1. The number of hydrogen-bond donors (Lipinski definition) is 0. The zero-order valence-corrected chi connectivity index (χ0v) is 17.7. The molecule has 8 heteroatoms. The smallest absolute Gasteiger partial charge is 0.264 e. The average molecular weight is 433 g/mol. The number of sulfonamides is 1. The Morgan fingerprint density at radius 1 is 0.966 bits per heavy atom. The van der Waals surface area contributed by atoms with Crippen molar-refractivity contribution in [2.45, 2.75) is 31.1 Å². The van der Waals surface area contributed by atoms with Gasteiger partial charge < -0.3 is 9.15 Å². The molecule has 0 bridgehead atoms. The SMILES string of the molecule is CC1CN(S(=O)(=O)c2nc(-c3ccccc3)oc2-c2ccc(Cl)cc2)CC(C)O1. The highest BCUT2D eigenvalue weighted by atomic mass is 35.5. The summed E-state index contributed by atoms with van der Waals surface area (Å²) < 4.78 is 40.1. The summed E-state index contributed by atoms with van der Waals surface area (Å²) in [4.78, 5) is 4.41. The van der Waals surface area contributed by atoms with Gasteiger partial charge in [-0.05, 0) is 50.2 Å². The summed E-state index contributed by atoms with van der Waals surface area (Å²) in [5.41, 5.74) is 1.30. The lowest BCUT2D eigenvalue weighted by Gasteiger charge is -2.33. The molecule has 0 saturated carbocycles. The summed E-state index contributed by atoms with van der Waals surface area (Å²) in [6.07, 6.45) is -0.402. The van der Waals surface area contributed by atoms with Crippen LogP contribution in [0.4, 0.5) is 0 Å². The van der Waals surface area contributed by atoms with Crippen molar-refractivity contribution < 1.29 is 17.6 Å². The molecule has 1 aromatic heterocycles. The molecule has 6 nitrogen and oxygen atoms in total. The highest BCUT2D eigenvalue weighted by molar-refractivity contribution is 7.89. The van der Waals surface area contributed by atoms with Crippen LogP contribution in [0.25, 0.3) is 22.8 Å². The van der Waals surface area contributed by atoms with Crippen molar-refractivity contribution in [3.8, 4) is 22.8 Å². The monoisotopic (exact) mass is 432 g/mol. The van der Waals surface area contributed by atoms with E-state index in [1.54, 1.807) is 24.3 Å².